The van der Waals surface area contributed by atoms with E-state index >= 15 is 0 Å². The number of ether oxygens (including phenoxy) is 1. The average molecular weight is 346 g/mol. The van der Waals surface area contributed by atoms with E-state index in [9.17, 15) is 19.5 Å². The van der Waals surface area contributed by atoms with Gasteiger partial charge in [0.25, 0.3) is 5.91 Å². The third-order valence-corrected chi connectivity index (χ3v) is 5.18. The second-order valence-corrected chi connectivity index (χ2v) is 6.68. The standard InChI is InChI=1S/C18H22N2O5/c1-20-14-4-2-13(10-12(14)3-5-15(20)21)16(22)19-11-18(17(23)24)6-8-25-9-7-18/h2,4,10H,3,5-9,11H2,1H3,(H,19,22)(H,23,24). The van der Waals surface area contributed by atoms with Gasteiger partial charge in [-0.1, -0.05) is 0 Å². The van der Waals surface area contributed by atoms with E-state index in [1.54, 1.807) is 30.1 Å². The van der Waals surface area contributed by atoms with Gasteiger partial charge in [0.1, 0.15) is 0 Å². The number of benzene rings is 1. The van der Waals surface area contributed by atoms with Crippen LogP contribution in [-0.2, 0) is 20.7 Å². The minimum atomic E-state index is -0.964. The van der Waals surface area contributed by atoms with Crippen LogP contribution in [-0.4, -0.2) is 49.7 Å². The summed E-state index contributed by atoms with van der Waals surface area (Å²) in [5.41, 5.74) is 1.29. The summed E-state index contributed by atoms with van der Waals surface area (Å²) >= 11 is 0. The van der Waals surface area contributed by atoms with Crippen LogP contribution in [0.25, 0.3) is 0 Å². The van der Waals surface area contributed by atoms with Crippen molar-refractivity contribution in [1.82, 2.24) is 5.32 Å². The molecule has 2 heterocycles. The first kappa shape index (κ1) is 17.4. The molecule has 7 nitrogen and oxygen atoms in total. The first-order chi connectivity index (χ1) is 11.9. The highest BCUT2D eigenvalue weighted by Crippen LogP contribution is 2.31. The maximum Gasteiger partial charge on any atom is 0.311 e. The summed E-state index contributed by atoms with van der Waals surface area (Å²) in [4.78, 5) is 37.4. The van der Waals surface area contributed by atoms with Crippen LogP contribution in [0.15, 0.2) is 18.2 Å². The molecule has 2 N–H and O–H groups in total. The molecule has 2 amide bonds. The quantitative estimate of drug-likeness (QED) is 0.854. The predicted octanol–water partition coefficient (Wildman–Crippen LogP) is 1.21. The lowest BCUT2D eigenvalue weighted by molar-refractivity contribution is -0.154. The highest BCUT2D eigenvalue weighted by molar-refractivity contribution is 5.99. The van der Waals surface area contributed by atoms with E-state index in [0.29, 0.717) is 44.5 Å². The van der Waals surface area contributed by atoms with Gasteiger partial charge < -0.3 is 20.1 Å². The molecule has 2 aliphatic heterocycles. The minimum Gasteiger partial charge on any atom is -0.481 e. The fraction of sp³-hybridized carbons (Fsp3) is 0.500. The summed E-state index contributed by atoms with van der Waals surface area (Å²) in [6, 6.07) is 5.22. The lowest BCUT2D eigenvalue weighted by Crippen LogP contribution is -2.46. The maximum atomic E-state index is 12.5. The molecule has 0 aliphatic carbocycles. The topological polar surface area (TPSA) is 95.9 Å². The Hall–Kier alpha value is -2.41. The van der Waals surface area contributed by atoms with Crippen LogP contribution in [0, 0.1) is 5.41 Å². The zero-order valence-electron chi connectivity index (χ0n) is 14.2. The largest absolute Gasteiger partial charge is 0.481 e. The number of fused-ring (bicyclic) bond motifs is 1. The third-order valence-electron chi connectivity index (χ3n) is 5.18. The lowest BCUT2D eigenvalue weighted by atomic mass is 9.80. The molecule has 1 fully saturated rings. The molecule has 3 rings (SSSR count). The Bertz CT molecular complexity index is 709. The van der Waals surface area contributed by atoms with Crippen molar-refractivity contribution in [3.05, 3.63) is 29.3 Å². The van der Waals surface area contributed by atoms with E-state index in [1.165, 1.54) is 0 Å². The Morgan fingerprint density at radius 1 is 1.28 bits per heavy atom. The van der Waals surface area contributed by atoms with Crippen LogP contribution in [0.5, 0.6) is 0 Å². The normalized spacial score (nSPS) is 19.2. The summed E-state index contributed by atoms with van der Waals surface area (Å²) in [7, 11) is 1.72. The van der Waals surface area contributed by atoms with Crippen molar-refractivity contribution >= 4 is 23.5 Å². The molecule has 25 heavy (non-hydrogen) atoms. The van der Waals surface area contributed by atoms with E-state index in [2.05, 4.69) is 5.32 Å². The van der Waals surface area contributed by atoms with Gasteiger partial charge in [-0.15, -0.1) is 0 Å². The average Bonchev–Trinajstić information content (AvgIpc) is 2.63. The molecule has 0 unspecified atom stereocenters. The Kier molecular flexibility index (Phi) is 4.76. The third kappa shape index (κ3) is 3.37. The Labute approximate surface area is 146 Å². The van der Waals surface area contributed by atoms with Crippen LogP contribution in [0.1, 0.15) is 35.2 Å². The van der Waals surface area contributed by atoms with Crippen molar-refractivity contribution in [2.45, 2.75) is 25.7 Å². The fourth-order valence-electron chi connectivity index (χ4n) is 3.38. The van der Waals surface area contributed by atoms with Gasteiger partial charge in [-0.25, -0.2) is 0 Å². The zero-order valence-corrected chi connectivity index (χ0v) is 14.2. The summed E-state index contributed by atoms with van der Waals surface area (Å²) in [5, 5.41) is 12.3. The smallest absolute Gasteiger partial charge is 0.311 e. The summed E-state index contributed by atoms with van der Waals surface area (Å²) in [6.07, 6.45) is 1.81. The fourth-order valence-corrected chi connectivity index (χ4v) is 3.38. The molecule has 134 valence electrons. The summed E-state index contributed by atoms with van der Waals surface area (Å²) in [5.74, 6) is -1.14. The Balaban J connectivity index is 1.71. The van der Waals surface area contributed by atoms with Crippen molar-refractivity contribution < 1.29 is 24.2 Å². The predicted molar refractivity (Wildman–Crippen MR) is 90.6 cm³/mol. The van der Waals surface area contributed by atoms with Crippen molar-refractivity contribution in [2.75, 3.05) is 31.7 Å². The Morgan fingerprint density at radius 3 is 2.68 bits per heavy atom. The maximum absolute atomic E-state index is 12.5. The van der Waals surface area contributed by atoms with Gasteiger partial charge in [0, 0.05) is 44.5 Å². The van der Waals surface area contributed by atoms with Crippen LogP contribution in [0.2, 0.25) is 0 Å². The molecule has 1 saturated heterocycles. The van der Waals surface area contributed by atoms with Crippen LogP contribution >= 0.6 is 0 Å². The highest BCUT2D eigenvalue weighted by atomic mass is 16.5. The van der Waals surface area contributed by atoms with E-state index in [1.807, 2.05) is 0 Å². The molecular weight excluding hydrogens is 324 g/mol. The number of aryl methyl sites for hydroxylation is 1. The van der Waals surface area contributed by atoms with Gasteiger partial charge in [-0.2, -0.15) is 0 Å². The molecule has 0 bridgehead atoms. The molecule has 0 spiro atoms. The zero-order chi connectivity index (χ0) is 18.0. The molecule has 2 aliphatic rings. The number of aliphatic carboxylic acids is 1. The van der Waals surface area contributed by atoms with Gasteiger partial charge in [0.2, 0.25) is 5.91 Å². The number of hydrogen-bond donors (Lipinski definition) is 2. The number of nitrogens with zero attached hydrogens (tertiary/aromatic N) is 1. The van der Waals surface area contributed by atoms with Crippen molar-refractivity contribution in [2.24, 2.45) is 5.41 Å². The molecule has 1 aromatic carbocycles. The van der Waals surface area contributed by atoms with Gasteiger partial charge in [-0.05, 0) is 43.0 Å². The second-order valence-electron chi connectivity index (χ2n) is 6.68. The van der Waals surface area contributed by atoms with E-state index < -0.39 is 11.4 Å². The SMILES string of the molecule is CN1C(=O)CCc2cc(C(=O)NCC3(C(=O)O)CCOCC3)ccc21. The first-order valence-corrected chi connectivity index (χ1v) is 8.42. The van der Waals surface area contributed by atoms with Crippen LogP contribution in [0.4, 0.5) is 5.69 Å². The monoisotopic (exact) mass is 346 g/mol. The van der Waals surface area contributed by atoms with Gasteiger partial charge in [0.05, 0.1) is 5.41 Å². The minimum absolute atomic E-state index is 0.0626. The molecule has 0 aromatic heterocycles. The number of carbonyl (C=O) groups excluding carboxylic acids is 2. The highest BCUT2D eigenvalue weighted by Gasteiger charge is 2.40. The number of carboxylic acid groups (broad SMARTS) is 1. The number of nitrogens with one attached hydrogen (secondary N) is 1. The number of amides is 2. The van der Waals surface area contributed by atoms with Gasteiger partial charge >= 0.3 is 5.97 Å². The molecular formula is C18H22N2O5. The van der Waals surface area contributed by atoms with Crippen molar-refractivity contribution in [1.29, 1.82) is 0 Å². The molecule has 0 atom stereocenters. The van der Waals surface area contributed by atoms with E-state index in [0.717, 1.165) is 11.3 Å². The lowest BCUT2D eigenvalue weighted by Gasteiger charge is -2.33. The Morgan fingerprint density at radius 2 is 2.00 bits per heavy atom. The first-order valence-electron chi connectivity index (χ1n) is 8.42. The van der Waals surface area contributed by atoms with Gasteiger partial charge in [0.15, 0.2) is 0 Å². The second kappa shape index (κ2) is 6.84. The van der Waals surface area contributed by atoms with E-state index in [-0.39, 0.29) is 18.4 Å². The molecule has 7 heteroatoms. The number of carboxylic acids is 1. The number of carbonyl (C=O) groups is 3. The van der Waals surface area contributed by atoms with E-state index in [4.69, 9.17) is 4.74 Å². The molecule has 0 saturated carbocycles. The van der Waals surface area contributed by atoms with Crippen LogP contribution < -0.4 is 10.2 Å². The van der Waals surface area contributed by atoms with Crippen molar-refractivity contribution in [3.63, 3.8) is 0 Å². The van der Waals surface area contributed by atoms with Crippen LogP contribution in [0.3, 0.4) is 0 Å². The molecule has 1 aromatic rings. The summed E-state index contributed by atoms with van der Waals surface area (Å²) < 4.78 is 5.24. The molecule has 0 radical (unpaired) electrons. The number of hydrogen-bond acceptors (Lipinski definition) is 4. The van der Waals surface area contributed by atoms with Gasteiger partial charge in [-0.3, -0.25) is 14.4 Å². The number of anilines is 1. The van der Waals surface area contributed by atoms with Crippen molar-refractivity contribution in [3.8, 4) is 0 Å². The number of rotatable bonds is 4. The summed E-state index contributed by atoms with van der Waals surface area (Å²) in [6.45, 7) is 0.864.